The molecular formula is C21H17Br2F3N2O4. The van der Waals surface area contributed by atoms with Gasteiger partial charge in [-0.2, -0.15) is 0 Å². The summed E-state index contributed by atoms with van der Waals surface area (Å²) in [4.78, 5) is 19.7. The molecule has 0 aliphatic rings. The van der Waals surface area contributed by atoms with Crippen LogP contribution in [0.4, 0.5) is 18.9 Å². The lowest BCUT2D eigenvalue weighted by molar-refractivity contribution is -0.280. The van der Waals surface area contributed by atoms with E-state index in [1.807, 2.05) is 12.1 Å². The average molecular weight is 578 g/mol. The molecule has 0 fully saturated rings. The number of halogens is 5. The highest BCUT2D eigenvalue weighted by Gasteiger charge is 2.29. The molecule has 0 unspecified atom stereocenters. The van der Waals surface area contributed by atoms with Crippen LogP contribution in [-0.4, -0.2) is 36.9 Å². The minimum atomic E-state index is -4.84. The summed E-state index contributed by atoms with van der Waals surface area (Å²) in [5.74, 6) is 5.51. The summed E-state index contributed by atoms with van der Waals surface area (Å²) in [5.41, 5.74) is 2.84. The number of ether oxygens (including phenoxy) is 3. The molecule has 0 aliphatic heterocycles. The smallest absolute Gasteiger partial charge is 0.481 e. The fourth-order valence-electron chi connectivity index (χ4n) is 2.30. The van der Waals surface area contributed by atoms with Crippen LogP contribution in [0.3, 0.4) is 0 Å². The molecule has 170 valence electrons. The molecule has 6 nitrogen and oxygen atoms in total. The summed E-state index contributed by atoms with van der Waals surface area (Å²) >= 11 is 6.73. The molecular weight excluding hydrogens is 561 g/mol. The van der Waals surface area contributed by atoms with Gasteiger partial charge in [-0.25, -0.2) is 9.79 Å². The van der Waals surface area contributed by atoms with Crippen molar-refractivity contribution in [2.24, 2.45) is 4.99 Å². The third kappa shape index (κ3) is 8.88. The zero-order valence-corrected chi connectivity index (χ0v) is 19.9. The Morgan fingerprint density at radius 2 is 1.84 bits per heavy atom. The first kappa shape index (κ1) is 25.7. The lowest BCUT2D eigenvalue weighted by Gasteiger charge is -2.09. The number of pyridine rings is 1. The van der Waals surface area contributed by atoms with Crippen LogP contribution >= 0.6 is 31.9 Å². The largest absolute Gasteiger partial charge is 0.573 e. The third-order valence-corrected chi connectivity index (χ3v) is 4.70. The molecule has 0 saturated heterocycles. The van der Waals surface area contributed by atoms with E-state index in [9.17, 15) is 18.0 Å². The van der Waals surface area contributed by atoms with Gasteiger partial charge in [0, 0.05) is 22.3 Å². The molecule has 11 heteroatoms. The summed E-state index contributed by atoms with van der Waals surface area (Å²) in [6.45, 7) is 1.44. The van der Waals surface area contributed by atoms with E-state index in [4.69, 9.17) is 9.47 Å². The minimum absolute atomic E-state index is 0.116. The molecule has 0 amide bonds. The van der Waals surface area contributed by atoms with Crippen LogP contribution in [0.15, 0.2) is 35.3 Å². The molecule has 0 atom stereocenters. The number of aliphatic imine (C=N–C) groups is 1. The van der Waals surface area contributed by atoms with Crippen molar-refractivity contribution in [3.8, 4) is 17.6 Å². The molecule has 32 heavy (non-hydrogen) atoms. The van der Waals surface area contributed by atoms with Gasteiger partial charge in [0.2, 0.25) is 0 Å². The van der Waals surface area contributed by atoms with Gasteiger partial charge < -0.3 is 14.2 Å². The fraction of sp³-hybridized carbons (Fsp3) is 0.286. The van der Waals surface area contributed by atoms with E-state index in [0.29, 0.717) is 21.8 Å². The van der Waals surface area contributed by atoms with E-state index in [-0.39, 0.29) is 24.4 Å². The first-order valence-corrected chi connectivity index (χ1v) is 11.3. The lowest BCUT2D eigenvalue weighted by Crippen LogP contribution is -2.15. The summed E-state index contributed by atoms with van der Waals surface area (Å²) in [6, 6.07) is 7.95. The molecule has 0 aliphatic carbocycles. The van der Waals surface area contributed by atoms with E-state index < -0.39 is 18.9 Å². The Morgan fingerprint density at radius 3 is 2.44 bits per heavy atom. The Morgan fingerprint density at radius 1 is 1.16 bits per heavy atom. The third-order valence-electron chi connectivity index (χ3n) is 3.55. The van der Waals surface area contributed by atoms with Gasteiger partial charge in [-0.1, -0.05) is 43.7 Å². The second-order valence-corrected chi connectivity index (χ2v) is 7.05. The Bertz CT molecular complexity index is 1010. The van der Waals surface area contributed by atoms with Crippen molar-refractivity contribution in [3.05, 3.63) is 52.8 Å². The molecule has 0 bridgehead atoms. The summed E-state index contributed by atoms with van der Waals surface area (Å²) in [6.07, 6.45) is -4.57. The SMILES string of the molecule is CCOC(=O)COc1cc(N=COC(F)(F)F)ccc1C#Cc1cc(CBr)nc(CBr)c1. The molecule has 0 N–H and O–H groups in total. The molecule has 2 aromatic rings. The van der Waals surface area contributed by atoms with E-state index in [0.717, 1.165) is 11.4 Å². The maximum atomic E-state index is 12.1. The zero-order valence-electron chi connectivity index (χ0n) is 16.7. The van der Waals surface area contributed by atoms with Gasteiger partial charge in [0.15, 0.2) is 13.0 Å². The number of hydrogen-bond acceptors (Lipinski definition) is 6. The molecule has 2 rings (SSSR count). The van der Waals surface area contributed by atoms with Gasteiger partial charge in [0.05, 0.1) is 29.2 Å². The highest BCUT2D eigenvalue weighted by Crippen LogP contribution is 2.25. The van der Waals surface area contributed by atoms with Crippen molar-refractivity contribution in [2.45, 2.75) is 23.9 Å². The summed E-state index contributed by atoms with van der Waals surface area (Å²) in [5, 5.41) is 1.12. The predicted molar refractivity (Wildman–Crippen MR) is 119 cm³/mol. The fourth-order valence-corrected chi connectivity index (χ4v) is 2.87. The summed E-state index contributed by atoms with van der Waals surface area (Å²) < 4.78 is 50.2. The molecule has 1 heterocycles. The van der Waals surface area contributed by atoms with Crippen molar-refractivity contribution in [1.29, 1.82) is 0 Å². The van der Waals surface area contributed by atoms with Gasteiger partial charge in [-0.3, -0.25) is 4.98 Å². The van der Waals surface area contributed by atoms with Crippen LogP contribution in [0.25, 0.3) is 0 Å². The minimum Gasteiger partial charge on any atom is -0.481 e. The normalized spacial score (nSPS) is 11.1. The van der Waals surface area contributed by atoms with Crippen molar-refractivity contribution in [3.63, 3.8) is 0 Å². The Kier molecular flexibility index (Phi) is 9.99. The Balaban J connectivity index is 2.34. The van der Waals surface area contributed by atoms with Gasteiger partial charge in [0.25, 0.3) is 0 Å². The molecule has 1 aromatic heterocycles. The number of rotatable bonds is 8. The van der Waals surface area contributed by atoms with Crippen molar-refractivity contribution in [1.82, 2.24) is 4.98 Å². The number of benzene rings is 1. The molecule has 0 saturated carbocycles. The van der Waals surface area contributed by atoms with Gasteiger partial charge in [-0.15, -0.1) is 13.2 Å². The number of nitrogens with zero attached hydrogens (tertiary/aromatic N) is 2. The van der Waals surface area contributed by atoms with Crippen molar-refractivity contribution >= 4 is 49.9 Å². The summed E-state index contributed by atoms with van der Waals surface area (Å²) in [7, 11) is 0. The molecule has 1 aromatic carbocycles. The van der Waals surface area contributed by atoms with E-state index >= 15 is 0 Å². The van der Waals surface area contributed by atoms with E-state index in [2.05, 4.69) is 58.4 Å². The Hall–Kier alpha value is -2.58. The predicted octanol–water partition coefficient (Wildman–Crippen LogP) is 5.41. The van der Waals surface area contributed by atoms with Gasteiger partial charge >= 0.3 is 12.3 Å². The average Bonchev–Trinajstić information content (AvgIpc) is 2.76. The van der Waals surface area contributed by atoms with Crippen LogP contribution in [0.1, 0.15) is 29.4 Å². The van der Waals surface area contributed by atoms with Crippen LogP contribution in [-0.2, 0) is 24.9 Å². The van der Waals surface area contributed by atoms with Crippen LogP contribution in [0, 0.1) is 11.8 Å². The van der Waals surface area contributed by atoms with E-state index in [1.54, 1.807) is 6.92 Å². The quantitative estimate of drug-likeness (QED) is 0.138. The maximum absolute atomic E-state index is 12.1. The zero-order chi connectivity index (χ0) is 23.6. The topological polar surface area (TPSA) is 70.0 Å². The van der Waals surface area contributed by atoms with Gasteiger partial charge in [-0.05, 0) is 31.2 Å². The standard InChI is InChI=1S/C21H17Br2F3N2O4/c1-2-30-20(29)12-31-19-9-16(27-13-32-21(24,25)26)6-5-15(19)4-3-14-7-17(10-22)28-18(8-14)11-23/h5-9,13H,2,10-12H2,1H3. The van der Waals surface area contributed by atoms with Crippen LogP contribution < -0.4 is 4.74 Å². The first-order chi connectivity index (χ1) is 15.2. The number of esters is 1. The number of aromatic nitrogens is 1. The number of carbonyl (C=O) groups is 1. The molecule has 0 radical (unpaired) electrons. The second kappa shape index (κ2) is 12.5. The first-order valence-electron chi connectivity index (χ1n) is 9.07. The number of hydrogen-bond donors (Lipinski definition) is 0. The number of carbonyl (C=O) groups excluding carboxylic acids is 1. The second-order valence-electron chi connectivity index (χ2n) is 5.93. The van der Waals surface area contributed by atoms with Crippen LogP contribution in [0.2, 0.25) is 0 Å². The highest BCUT2D eigenvalue weighted by molar-refractivity contribution is 9.08. The monoisotopic (exact) mass is 576 g/mol. The molecule has 0 spiro atoms. The lowest BCUT2D eigenvalue weighted by atomic mass is 10.1. The van der Waals surface area contributed by atoms with Crippen LogP contribution in [0.5, 0.6) is 5.75 Å². The van der Waals surface area contributed by atoms with Crippen molar-refractivity contribution in [2.75, 3.05) is 13.2 Å². The highest BCUT2D eigenvalue weighted by atomic mass is 79.9. The van der Waals surface area contributed by atoms with Crippen molar-refractivity contribution < 1.29 is 32.2 Å². The van der Waals surface area contributed by atoms with E-state index in [1.165, 1.54) is 18.2 Å². The Labute approximate surface area is 199 Å². The van der Waals surface area contributed by atoms with Gasteiger partial charge in [0.1, 0.15) is 5.75 Å². The number of alkyl halides is 5. The maximum Gasteiger partial charge on any atom is 0.573 e.